The summed E-state index contributed by atoms with van der Waals surface area (Å²) < 4.78 is 10.4. The van der Waals surface area contributed by atoms with E-state index >= 15 is 0 Å². The maximum absolute atomic E-state index is 12.3. The van der Waals surface area contributed by atoms with Gasteiger partial charge < -0.3 is 9.47 Å². The van der Waals surface area contributed by atoms with Crippen LogP contribution in [0.2, 0.25) is 0 Å². The average Bonchev–Trinajstić information content (AvgIpc) is 2.59. The zero-order valence-corrected chi connectivity index (χ0v) is 13.6. The third-order valence-electron chi connectivity index (χ3n) is 3.36. The van der Waals surface area contributed by atoms with Gasteiger partial charge in [-0.05, 0) is 36.8 Å². The molecule has 0 N–H and O–H groups in total. The number of allylic oxidation sites excluding steroid dienone is 3. The number of ether oxygens (including phenoxy) is 2. The van der Waals surface area contributed by atoms with Crippen molar-refractivity contribution in [2.75, 3.05) is 14.2 Å². The predicted molar refractivity (Wildman–Crippen MR) is 93.1 cm³/mol. The van der Waals surface area contributed by atoms with Crippen LogP contribution < -0.4 is 9.47 Å². The van der Waals surface area contributed by atoms with Crippen molar-refractivity contribution in [1.82, 2.24) is 0 Å². The summed E-state index contributed by atoms with van der Waals surface area (Å²) in [6, 6.07) is 15.1. The highest BCUT2D eigenvalue weighted by Crippen LogP contribution is 2.27. The Bertz CT molecular complexity index is 728. The molecule has 23 heavy (non-hydrogen) atoms. The number of benzene rings is 2. The van der Waals surface area contributed by atoms with Gasteiger partial charge in [0, 0.05) is 5.56 Å². The molecule has 0 saturated carbocycles. The van der Waals surface area contributed by atoms with Crippen LogP contribution in [0.25, 0.3) is 6.08 Å². The summed E-state index contributed by atoms with van der Waals surface area (Å²) >= 11 is 0. The van der Waals surface area contributed by atoms with Gasteiger partial charge in [-0.1, -0.05) is 48.1 Å². The summed E-state index contributed by atoms with van der Waals surface area (Å²) in [5.41, 5.74) is 2.67. The summed E-state index contributed by atoms with van der Waals surface area (Å²) in [6.07, 6.45) is 5.40. The molecule has 0 atom stereocenters. The summed E-state index contributed by atoms with van der Waals surface area (Å²) in [5.74, 6) is 1.07. The lowest BCUT2D eigenvalue weighted by atomic mass is 10.1. The molecule has 0 aliphatic carbocycles. The Morgan fingerprint density at radius 1 is 0.913 bits per heavy atom. The Balaban J connectivity index is 2.13. The standard InChI is InChI=1S/C20H20O3/c1-15(13-16-7-5-4-6-8-16)9-11-18(21)17-10-12-19(22-2)20(14-17)23-3/h4-14H,1-3H3. The van der Waals surface area contributed by atoms with E-state index in [1.807, 2.05) is 49.4 Å². The molecule has 0 unspecified atom stereocenters. The Hall–Kier alpha value is -2.81. The van der Waals surface area contributed by atoms with Gasteiger partial charge in [-0.25, -0.2) is 0 Å². The van der Waals surface area contributed by atoms with Crippen LogP contribution in [0.5, 0.6) is 11.5 Å². The summed E-state index contributed by atoms with van der Waals surface area (Å²) in [4.78, 5) is 12.3. The lowest BCUT2D eigenvalue weighted by Gasteiger charge is -2.08. The molecule has 2 aromatic carbocycles. The summed E-state index contributed by atoms with van der Waals surface area (Å²) in [6.45, 7) is 1.96. The van der Waals surface area contributed by atoms with Crippen molar-refractivity contribution >= 4 is 11.9 Å². The van der Waals surface area contributed by atoms with Crippen LogP contribution in [0.4, 0.5) is 0 Å². The minimum atomic E-state index is -0.0771. The van der Waals surface area contributed by atoms with Crippen LogP contribution >= 0.6 is 0 Å². The molecule has 2 rings (SSSR count). The highest BCUT2D eigenvalue weighted by molar-refractivity contribution is 6.05. The third-order valence-corrected chi connectivity index (χ3v) is 3.36. The second kappa shape index (κ2) is 7.99. The maximum atomic E-state index is 12.3. The van der Waals surface area contributed by atoms with Gasteiger partial charge in [0.15, 0.2) is 17.3 Å². The molecule has 0 aliphatic rings. The van der Waals surface area contributed by atoms with Gasteiger partial charge in [0.05, 0.1) is 14.2 Å². The SMILES string of the molecule is COc1ccc(C(=O)C=CC(C)=Cc2ccccc2)cc1OC. The van der Waals surface area contributed by atoms with E-state index in [4.69, 9.17) is 9.47 Å². The van der Waals surface area contributed by atoms with Crippen molar-refractivity contribution in [3.63, 3.8) is 0 Å². The van der Waals surface area contributed by atoms with Crippen molar-refractivity contribution in [3.8, 4) is 11.5 Å². The molecule has 0 fully saturated rings. The number of hydrogen-bond acceptors (Lipinski definition) is 3. The molecule has 0 spiro atoms. The monoisotopic (exact) mass is 308 g/mol. The van der Waals surface area contributed by atoms with E-state index in [1.165, 1.54) is 0 Å². The fourth-order valence-electron chi connectivity index (χ4n) is 2.15. The minimum Gasteiger partial charge on any atom is -0.493 e. The Labute approximate surface area is 136 Å². The molecule has 0 heterocycles. The molecule has 0 amide bonds. The van der Waals surface area contributed by atoms with Crippen LogP contribution in [-0.2, 0) is 0 Å². The van der Waals surface area contributed by atoms with Gasteiger partial charge in [0.2, 0.25) is 0 Å². The largest absolute Gasteiger partial charge is 0.493 e. The molecule has 2 aromatic rings. The molecule has 3 heteroatoms. The predicted octanol–water partition coefficient (Wildman–Crippen LogP) is 4.55. The number of carbonyl (C=O) groups excluding carboxylic acids is 1. The topological polar surface area (TPSA) is 35.5 Å². The molecular weight excluding hydrogens is 288 g/mol. The second-order valence-electron chi connectivity index (χ2n) is 5.07. The Kier molecular flexibility index (Phi) is 5.75. The first kappa shape index (κ1) is 16.6. The highest BCUT2D eigenvalue weighted by Gasteiger charge is 2.08. The quantitative estimate of drug-likeness (QED) is 0.446. The Morgan fingerprint density at radius 2 is 1.61 bits per heavy atom. The molecule has 0 saturated heterocycles. The molecule has 0 aromatic heterocycles. The molecule has 0 radical (unpaired) electrons. The summed E-state index contributed by atoms with van der Waals surface area (Å²) in [7, 11) is 3.12. The minimum absolute atomic E-state index is 0.0771. The summed E-state index contributed by atoms with van der Waals surface area (Å²) in [5, 5.41) is 0. The highest BCUT2D eigenvalue weighted by atomic mass is 16.5. The van der Waals surface area contributed by atoms with Gasteiger partial charge in [0.25, 0.3) is 0 Å². The normalized spacial score (nSPS) is 11.5. The van der Waals surface area contributed by atoms with Crippen LogP contribution in [0.1, 0.15) is 22.8 Å². The zero-order chi connectivity index (χ0) is 16.7. The number of ketones is 1. The smallest absolute Gasteiger partial charge is 0.185 e. The third kappa shape index (κ3) is 4.58. The maximum Gasteiger partial charge on any atom is 0.185 e. The van der Waals surface area contributed by atoms with Crippen LogP contribution in [0.15, 0.2) is 66.3 Å². The van der Waals surface area contributed by atoms with E-state index in [2.05, 4.69) is 0 Å². The lowest BCUT2D eigenvalue weighted by Crippen LogP contribution is -1.97. The van der Waals surface area contributed by atoms with E-state index in [0.717, 1.165) is 11.1 Å². The van der Waals surface area contributed by atoms with Crippen molar-refractivity contribution in [1.29, 1.82) is 0 Å². The van der Waals surface area contributed by atoms with Crippen LogP contribution in [0.3, 0.4) is 0 Å². The average molecular weight is 308 g/mol. The first-order valence-electron chi connectivity index (χ1n) is 7.32. The van der Waals surface area contributed by atoms with Gasteiger partial charge in [-0.15, -0.1) is 0 Å². The second-order valence-corrected chi connectivity index (χ2v) is 5.07. The molecule has 0 aliphatic heterocycles. The van der Waals surface area contributed by atoms with E-state index < -0.39 is 0 Å². The lowest BCUT2D eigenvalue weighted by molar-refractivity contribution is 0.104. The van der Waals surface area contributed by atoms with Gasteiger partial charge in [-0.3, -0.25) is 4.79 Å². The van der Waals surface area contributed by atoms with Gasteiger partial charge in [0.1, 0.15) is 0 Å². The van der Waals surface area contributed by atoms with E-state index in [1.54, 1.807) is 38.5 Å². The number of methoxy groups -OCH3 is 2. The van der Waals surface area contributed by atoms with E-state index in [0.29, 0.717) is 17.1 Å². The first-order valence-corrected chi connectivity index (χ1v) is 7.32. The van der Waals surface area contributed by atoms with E-state index in [-0.39, 0.29) is 5.78 Å². The molecular formula is C20H20O3. The number of rotatable bonds is 6. The fourth-order valence-corrected chi connectivity index (χ4v) is 2.15. The van der Waals surface area contributed by atoms with Crippen molar-refractivity contribution in [2.45, 2.75) is 6.92 Å². The molecule has 3 nitrogen and oxygen atoms in total. The van der Waals surface area contributed by atoms with Gasteiger partial charge >= 0.3 is 0 Å². The zero-order valence-electron chi connectivity index (χ0n) is 13.6. The first-order chi connectivity index (χ1) is 11.1. The number of carbonyl (C=O) groups is 1. The van der Waals surface area contributed by atoms with Crippen LogP contribution in [0, 0.1) is 0 Å². The molecule has 0 bridgehead atoms. The van der Waals surface area contributed by atoms with E-state index in [9.17, 15) is 4.79 Å². The number of hydrogen-bond donors (Lipinski definition) is 0. The molecule has 118 valence electrons. The fraction of sp³-hybridized carbons (Fsp3) is 0.150. The Morgan fingerprint density at radius 3 is 2.26 bits per heavy atom. The van der Waals surface area contributed by atoms with Crippen molar-refractivity contribution in [3.05, 3.63) is 77.4 Å². The van der Waals surface area contributed by atoms with Gasteiger partial charge in [-0.2, -0.15) is 0 Å². The van der Waals surface area contributed by atoms with Crippen molar-refractivity contribution < 1.29 is 14.3 Å². The van der Waals surface area contributed by atoms with Crippen molar-refractivity contribution in [2.24, 2.45) is 0 Å². The van der Waals surface area contributed by atoms with Crippen LogP contribution in [-0.4, -0.2) is 20.0 Å².